The number of fused-ring (bicyclic) bond motifs is 1. The van der Waals surface area contributed by atoms with Crippen molar-refractivity contribution in [2.75, 3.05) is 6.54 Å². The van der Waals surface area contributed by atoms with E-state index in [9.17, 15) is 9.59 Å². The van der Waals surface area contributed by atoms with Crippen molar-refractivity contribution >= 4 is 11.9 Å². The quantitative estimate of drug-likeness (QED) is 0.823. The first kappa shape index (κ1) is 13.6. The minimum atomic E-state index is -1.01. The molecular weight excluding hydrogens is 246 g/mol. The van der Waals surface area contributed by atoms with E-state index in [2.05, 4.69) is 5.10 Å². The van der Waals surface area contributed by atoms with Gasteiger partial charge in [0.25, 0.3) is 0 Å². The normalized spacial score (nSPS) is 15.3. The summed E-state index contributed by atoms with van der Waals surface area (Å²) in [6, 6.07) is 0. The molecule has 0 radical (unpaired) electrons. The predicted molar refractivity (Wildman–Crippen MR) is 68.7 cm³/mol. The molecule has 6 nitrogen and oxygen atoms in total. The Morgan fingerprint density at radius 3 is 2.47 bits per heavy atom. The van der Waals surface area contributed by atoms with Gasteiger partial charge < -0.3 is 10.0 Å². The number of carboxylic acid groups (broad SMARTS) is 1. The minimum Gasteiger partial charge on any atom is -0.476 e. The van der Waals surface area contributed by atoms with Crippen molar-refractivity contribution in [1.29, 1.82) is 0 Å². The number of aryl methyl sites for hydroxylation is 1. The van der Waals surface area contributed by atoms with Gasteiger partial charge in [0.2, 0.25) is 5.91 Å². The molecule has 1 aliphatic rings. The molecule has 0 unspecified atom stereocenters. The lowest BCUT2D eigenvalue weighted by atomic mass is 9.93. The van der Waals surface area contributed by atoms with Crippen LogP contribution in [0.15, 0.2) is 0 Å². The molecule has 0 fully saturated rings. The van der Waals surface area contributed by atoms with Crippen LogP contribution >= 0.6 is 0 Å². The SMILES string of the molecule is Cn1nc(C(=O)O)c2c1CN(C(=O)C(C)(C)C)CC2. The highest BCUT2D eigenvalue weighted by Gasteiger charge is 2.33. The third-order valence-corrected chi connectivity index (χ3v) is 3.38. The summed E-state index contributed by atoms with van der Waals surface area (Å²) < 4.78 is 1.57. The lowest BCUT2D eigenvalue weighted by Crippen LogP contribution is -2.42. The molecule has 0 spiro atoms. The Balaban J connectivity index is 2.31. The van der Waals surface area contributed by atoms with E-state index in [1.54, 1.807) is 16.6 Å². The van der Waals surface area contributed by atoms with Gasteiger partial charge in [-0.05, 0) is 6.42 Å². The number of hydrogen-bond donors (Lipinski definition) is 1. The van der Waals surface area contributed by atoms with Crippen LogP contribution in [0.2, 0.25) is 0 Å². The summed E-state index contributed by atoms with van der Waals surface area (Å²) in [5.41, 5.74) is 1.26. The second-order valence-corrected chi connectivity index (χ2v) is 5.93. The van der Waals surface area contributed by atoms with E-state index < -0.39 is 11.4 Å². The molecule has 19 heavy (non-hydrogen) atoms. The zero-order valence-electron chi connectivity index (χ0n) is 11.7. The summed E-state index contributed by atoms with van der Waals surface area (Å²) in [6.45, 7) is 6.64. The number of amides is 1. The van der Waals surface area contributed by atoms with Crippen molar-refractivity contribution < 1.29 is 14.7 Å². The van der Waals surface area contributed by atoms with E-state index >= 15 is 0 Å². The fourth-order valence-electron chi connectivity index (χ4n) is 2.39. The first-order chi connectivity index (χ1) is 8.71. The second kappa shape index (κ2) is 4.36. The zero-order chi connectivity index (χ0) is 14.4. The average molecular weight is 265 g/mol. The summed E-state index contributed by atoms with van der Waals surface area (Å²) in [7, 11) is 1.72. The van der Waals surface area contributed by atoms with Crippen LogP contribution in [0.1, 0.15) is 42.5 Å². The number of aromatic carboxylic acids is 1. The summed E-state index contributed by atoms with van der Waals surface area (Å²) in [5, 5.41) is 13.1. The Kier molecular flexibility index (Phi) is 3.12. The highest BCUT2D eigenvalue weighted by atomic mass is 16.4. The van der Waals surface area contributed by atoms with Gasteiger partial charge in [0, 0.05) is 24.6 Å². The molecular formula is C13H19N3O3. The largest absolute Gasteiger partial charge is 0.476 e. The van der Waals surface area contributed by atoms with Crippen LogP contribution in [0.4, 0.5) is 0 Å². The van der Waals surface area contributed by atoms with Crippen molar-refractivity contribution in [1.82, 2.24) is 14.7 Å². The van der Waals surface area contributed by atoms with E-state index in [1.165, 1.54) is 0 Å². The molecule has 6 heteroatoms. The minimum absolute atomic E-state index is 0.0798. The molecule has 0 aromatic carbocycles. The van der Waals surface area contributed by atoms with Crippen LogP contribution in [0.25, 0.3) is 0 Å². The fraction of sp³-hybridized carbons (Fsp3) is 0.615. The Morgan fingerprint density at radius 2 is 1.95 bits per heavy atom. The number of carbonyl (C=O) groups is 2. The summed E-state index contributed by atoms with van der Waals surface area (Å²) in [6.07, 6.45) is 0.548. The standard InChI is InChI=1S/C13H19N3O3/c1-13(2,3)12(19)16-6-5-8-9(7-16)15(4)14-10(8)11(17)18/h5-7H2,1-4H3,(H,17,18). The maximum atomic E-state index is 12.3. The van der Waals surface area contributed by atoms with Crippen LogP contribution in [-0.4, -0.2) is 38.2 Å². The van der Waals surface area contributed by atoms with Gasteiger partial charge in [-0.25, -0.2) is 4.79 Å². The molecule has 1 aromatic heterocycles. The smallest absolute Gasteiger partial charge is 0.356 e. The van der Waals surface area contributed by atoms with Crippen LogP contribution in [-0.2, 0) is 24.8 Å². The van der Waals surface area contributed by atoms with Crippen molar-refractivity contribution in [3.8, 4) is 0 Å². The monoisotopic (exact) mass is 265 g/mol. The molecule has 0 atom stereocenters. The third-order valence-electron chi connectivity index (χ3n) is 3.38. The van der Waals surface area contributed by atoms with E-state index in [0.29, 0.717) is 19.5 Å². The van der Waals surface area contributed by atoms with Crippen molar-refractivity contribution in [2.45, 2.75) is 33.7 Å². The Bertz CT molecular complexity index is 540. The van der Waals surface area contributed by atoms with E-state index in [-0.39, 0.29) is 11.6 Å². The van der Waals surface area contributed by atoms with Crippen molar-refractivity contribution in [3.05, 3.63) is 17.0 Å². The molecule has 104 valence electrons. The predicted octanol–water partition coefficient (Wildman–Crippen LogP) is 1.05. The first-order valence-corrected chi connectivity index (χ1v) is 6.29. The fourth-order valence-corrected chi connectivity index (χ4v) is 2.39. The highest BCUT2D eigenvalue weighted by molar-refractivity contribution is 5.88. The molecule has 1 amide bonds. The van der Waals surface area contributed by atoms with Gasteiger partial charge in [-0.1, -0.05) is 20.8 Å². The second-order valence-electron chi connectivity index (χ2n) is 5.93. The molecule has 0 bridgehead atoms. The lowest BCUT2D eigenvalue weighted by molar-refractivity contribution is -0.140. The Hall–Kier alpha value is -1.85. The molecule has 0 aliphatic carbocycles. The number of rotatable bonds is 1. The van der Waals surface area contributed by atoms with E-state index in [1.807, 2.05) is 20.8 Å². The van der Waals surface area contributed by atoms with Crippen molar-refractivity contribution in [2.24, 2.45) is 12.5 Å². The maximum absolute atomic E-state index is 12.3. The summed E-state index contributed by atoms with van der Waals surface area (Å²) in [5.74, 6) is -0.927. The summed E-state index contributed by atoms with van der Waals surface area (Å²) >= 11 is 0. The summed E-state index contributed by atoms with van der Waals surface area (Å²) in [4.78, 5) is 25.1. The maximum Gasteiger partial charge on any atom is 0.356 e. The van der Waals surface area contributed by atoms with Gasteiger partial charge in [-0.3, -0.25) is 9.48 Å². The number of aromatic nitrogens is 2. The molecule has 1 N–H and O–H groups in total. The Morgan fingerprint density at radius 1 is 1.32 bits per heavy atom. The molecule has 0 saturated carbocycles. The van der Waals surface area contributed by atoms with Gasteiger partial charge in [0.15, 0.2) is 5.69 Å². The number of hydrogen-bond acceptors (Lipinski definition) is 3. The molecule has 1 aliphatic heterocycles. The lowest BCUT2D eigenvalue weighted by Gasteiger charge is -2.32. The number of carboxylic acids is 1. The van der Waals surface area contributed by atoms with Crippen LogP contribution in [0.5, 0.6) is 0 Å². The van der Waals surface area contributed by atoms with Gasteiger partial charge in [-0.2, -0.15) is 5.10 Å². The van der Waals surface area contributed by atoms with E-state index in [0.717, 1.165) is 11.3 Å². The van der Waals surface area contributed by atoms with Gasteiger partial charge in [-0.15, -0.1) is 0 Å². The highest BCUT2D eigenvalue weighted by Crippen LogP contribution is 2.26. The zero-order valence-corrected chi connectivity index (χ0v) is 11.7. The van der Waals surface area contributed by atoms with Crippen LogP contribution in [0.3, 0.4) is 0 Å². The average Bonchev–Trinajstić information content (AvgIpc) is 2.64. The Labute approximate surface area is 112 Å². The van der Waals surface area contributed by atoms with Gasteiger partial charge >= 0.3 is 5.97 Å². The molecule has 2 heterocycles. The number of carbonyl (C=O) groups excluding carboxylic acids is 1. The van der Waals surface area contributed by atoms with E-state index in [4.69, 9.17) is 5.11 Å². The van der Waals surface area contributed by atoms with Crippen molar-refractivity contribution in [3.63, 3.8) is 0 Å². The molecule has 1 aromatic rings. The van der Waals surface area contributed by atoms with Gasteiger partial charge in [0.05, 0.1) is 12.2 Å². The van der Waals surface area contributed by atoms with Crippen LogP contribution < -0.4 is 0 Å². The topological polar surface area (TPSA) is 75.4 Å². The molecule has 0 saturated heterocycles. The third kappa shape index (κ3) is 2.34. The number of nitrogens with zero attached hydrogens (tertiary/aromatic N) is 3. The molecule has 2 rings (SSSR count). The first-order valence-electron chi connectivity index (χ1n) is 6.29. The van der Waals surface area contributed by atoms with Crippen LogP contribution in [0, 0.1) is 5.41 Å². The van der Waals surface area contributed by atoms with Gasteiger partial charge in [0.1, 0.15) is 0 Å².